The molecule has 2 N–H and O–H groups in total. The van der Waals surface area contributed by atoms with Gasteiger partial charge in [0.05, 0.1) is 18.3 Å². The number of rotatable bonds is 2. The van der Waals surface area contributed by atoms with Crippen molar-refractivity contribution in [3.8, 4) is 0 Å². The Bertz CT molecular complexity index is 309. The van der Waals surface area contributed by atoms with Gasteiger partial charge in [-0.3, -0.25) is 0 Å². The van der Waals surface area contributed by atoms with Crippen LogP contribution in [0.1, 0.15) is 32.6 Å². The third kappa shape index (κ3) is 1.82. The van der Waals surface area contributed by atoms with Crippen LogP contribution in [0.5, 0.6) is 0 Å². The molecule has 2 rings (SSSR count). The molecular weight excluding hydrogens is 190 g/mol. The van der Waals surface area contributed by atoms with Crippen LogP contribution in [0.3, 0.4) is 0 Å². The van der Waals surface area contributed by atoms with Gasteiger partial charge in [0.25, 0.3) is 0 Å². The normalized spacial score (nSPS) is 38.1. The van der Waals surface area contributed by atoms with Gasteiger partial charge in [0.2, 0.25) is 0 Å². The minimum atomic E-state index is -0.449. The second-order valence-corrected chi connectivity index (χ2v) is 4.55. The third-order valence-electron chi connectivity index (χ3n) is 3.62. The molecule has 5 unspecified atom stereocenters. The molecule has 0 radical (unpaired) electrons. The van der Waals surface area contributed by atoms with E-state index in [4.69, 9.17) is 4.74 Å². The standard InChI is InChI=1S/C12H19NO2/c1-7-8(2)15-9(3)11(7)12(14)10-5-4-6-13-10/h4-9,11-14H,1-3H3. The summed E-state index contributed by atoms with van der Waals surface area (Å²) in [5, 5.41) is 10.3. The van der Waals surface area contributed by atoms with Crippen LogP contribution in [0.4, 0.5) is 0 Å². The van der Waals surface area contributed by atoms with Crippen molar-refractivity contribution >= 4 is 0 Å². The van der Waals surface area contributed by atoms with Crippen LogP contribution < -0.4 is 0 Å². The highest BCUT2D eigenvalue weighted by Gasteiger charge is 2.41. The first-order valence-corrected chi connectivity index (χ1v) is 5.58. The average molecular weight is 209 g/mol. The fourth-order valence-corrected chi connectivity index (χ4v) is 2.57. The number of ether oxygens (including phenoxy) is 1. The van der Waals surface area contributed by atoms with Crippen molar-refractivity contribution in [3.63, 3.8) is 0 Å². The summed E-state index contributed by atoms with van der Waals surface area (Å²) < 4.78 is 5.73. The number of hydrogen-bond donors (Lipinski definition) is 2. The first-order chi connectivity index (χ1) is 7.11. The predicted molar refractivity (Wildman–Crippen MR) is 58.4 cm³/mol. The quantitative estimate of drug-likeness (QED) is 0.783. The third-order valence-corrected chi connectivity index (χ3v) is 3.62. The fourth-order valence-electron chi connectivity index (χ4n) is 2.57. The molecule has 0 amide bonds. The van der Waals surface area contributed by atoms with Gasteiger partial charge in [-0.25, -0.2) is 0 Å². The highest BCUT2D eigenvalue weighted by Crippen LogP contribution is 2.39. The van der Waals surface area contributed by atoms with Crippen LogP contribution in [0.25, 0.3) is 0 Å². The molecule has 0 aliphatic carbocycles. The van der Waals surface area contributed by atoms with Crippen molar-refractivity contribution in [1.82, 2.24) is 4.98 Å². The number of aromatic amines is 1. The Morgan fingerprint density at radius 2 is 2.07 bits per heavy atom. The van der Waals surface area contributed by atoms with E-state index >= 15 is 0 Å². The Labute approximate surface area is 90.5 Å². The molecule has 0 spiro atoms. The van der Waals surface area contributed by atoms with Crippen LogP contribution in [0.15, 0.2) is 18.3 Å². The van der Waals surface area contributed by atoms with Crippen molar-refractivity contribution in [3.05, 3.63) is 24.0 Å². The number of aromatic nitrogens is 1. The van der Waals surface area contributed by atoms with E-state index in [0.29, 0.717) is 5.92 Å². The largest absolute Gasteiger partial charge is 0.386 e. The van der Waals surface area contributed by atoms with Crippen molar-refractivity contribution in [1.29, 1.82) is 0 Å². The summed E-state index contributed by atoms with van der Waals surface area (Å²) in [5.41, 5.74) is 0.886. The molecule has 5 atom stereocenters. The Morgan fingerprint density at radius 3 is 2.53 bits per heavy atom. The Hall–Kier alpha value is -0.800. The maximum atomic E-state index is 10.3. The van der Waals surface area contributed by atoms with Crippen LogP contribution in [-0.2, 0) is 4.74 Å². The van der Waals surface area contributed by atoms with Crippen molar-refractivity contribution in [2.45, 2.75) is 39.1 Å². The van der Waals surface area contributed by atoms with Crippen molar-refractivity contribution in [2.24, 2.45) is 11.8 Å². The molecule has 1 aliphatic rings. The molecule has 1 aromatic heterocycles. The number of hydrogen-bond acceptors (Lipinski definition) is 2. The number of aliphatic hydroxyl groups is 1. The van der Waals surface area contributed by atoms with Gasteiger partial charge in [-0.1, -0.05) is 6.92 Å². The summed E-state index contributed by atoms with van der Waals surface area (Å²) in [6.07, 6.45) is 1.74. The summed E-state index contributed by atoms with van der Waals surface area (Å²) in [4.78, 5) is 3.06. The van der Waals surface area contributed by atoms with Crippen molar-refractivity contribution in [2.75, 3.05) is 0 Å². The topological polar surface area (TPSA) is 45.2 Å². The van der Waals surface area contributed by atoms with Crippen molar-refractivity contribution < 1.29 is 9.84 Å². The van der Waals surface area contributed by atoms with Gasteiger partial charge in [0.15, 0.2) is 0 Å². The molecule has 84 valence electrons. The maximum Gasteiger partial charge on any atom is 0.0993 e. The summed E-state index contributed by atoms with van der Waals surface area (Å²) in [5.74, 6) is 0.567. The molecule has 1 aliphatic heterocycles. The maximum absolute atomic E-state index is 10.3. The lowest BCUT2D eigenvalue weighted by Gasteiger charge is -2.23. The van der Waals surface area contributed by atoms with Gasteiger partial charge in [-0.05, 0) is 31.9 Å². The van der Waals surface area contributed by atoms with Gasteiger partial charge in [0, 0.05) is 17.8 Å². The number of nitrogens with one attached hydrogen (secondary N) is 1. The zero-order chi connectivity index (χ0) is 11.0. The average Bonchev–Trinajstić information content (AvgIpc) is 2.76. The van der Waals surface area contributed by atoms with Gasteiger partial charge < -0.3 is 14.8 Å². The van der Waals surface area contributed by atoms with Crippen LogP contribution in [0, 0.1) is 11.8 Å². The minimum absolute atomic E-state index is 0.119. The van der Waals surface area contributed by atoms with E-state index < -0.39 is 6.10 Å². The molecule has 15 heavy (non-hydrogen) atoms. The Kier molecular flexibility index (Phi) is 2.85. The van der Waals surface area contributed by atoms with Crippen LogP contribution >= 0.6 is 0 Å². The van der Waals surface area contributed by atoms with Gasteiger partial charge in [-0.15, -0.1) is 0 Å². The number of H-pyrrole nitrogens is 1. The summed E-state index contributed by atoms with van der Waals surface area (Å²) in [6.45, 7) is 6.25. The lowest BCUT2D eigenvalue weighted by atomic mass is 9.84. The molecule has 2 heterocycles. The van der Waals surface area contributed by atoms with E-state index in [0.717, 1.165) is 5.69 Å². The molecule has 3 nitrogen and oxygen atoms in total. The van der Waals surface area contributed by atoms with Crippen LogP contribution in [0.2, 0.25) is 0 Å². The zero-order valence-electron chi connectivity index (χ0n) is 9.47. The van der Waals surface area contributed by atoms with Gasteiger partial charge in [-0.2, -0.15) is 0 Å². The zero-order valence-corrected chi connectivity index (χ0v) is 9.47. The molecule has 0 saturated carbocycles. The van der Waals surface area contributed by atoms with E-state index in [2.05, 4.69) is 18.8 Å². The van der Waals surface area contributed by atoms with E-state index in [1.54, 1.807) is 0 Å². The molecule has 3 heteroatoms. The van der Waals surface area contributed by atoms with Crippen LogP contribution in [-0.4, -0.2) is 22.3 Å². The van der Waals surface area contributed by atoms with Gasteiger partial charge in [0.1, 0.15) is 0 Å². The fraction of sp³-hybridized carbons (Fsp3) is 0.667. The predicted octanol–water partition coefficient (Wildman–Crippen LogP) is 2.11. The first-order valence-electron chi connectivity index (χ1n) is 5.58. The first kappa shape index (κ1) is 10.7. The summed E-state index contributed by atoms with van der Waals surface area (Å²) in [7, 11) is 0. The van der Waals surface area contributed by atoms with E-state index in [1.165, 1.54) is 0 Å². The molecule has 0 bridgehead atoms. The Morgan fingerprint density at radius 1 is 1.33 bits per heavy atom. The minimum Gasteiger partial charge on any atom is -0.386 e. The smallest absolute Gasteiger partial charge is 0.0993 e. The molecule has 1 fully saturated rings. The highest BCUT2D eigenvalue weighted by molar-refractivity contribution is 5.10. The molecule has 1 aromatic rings. The highest BCUT2D eigenvalue weighted by atomic mass is 16.5. The molecule has 0 aromatic carbocycles. The summed E-state index contributed by atoms with van der Waals surface area (Å²) in [6, 6.07) is 3.83. The monoisotopic (exact) mass is 209 g/mol. The Balaban J connectivity index is 2.16. The molecular formula is C12H19NO2. The second kappa shape index (κ2) is 3.99. The molecule has 1 saturated heterocycles. The SMILES string of the molecule is CC1OC(C)C(C(O)c2ccc[nH]2)C1C. The number of aliphatic hydroxyl groups excluding tert-OH is 1. The lowest BCUT2D eigenvalue weighted by Crippen LogP contribution is -2.25. The van der Waals surface area contributed by atoms with E-state index in [-0.39, 0.29) is 18.1 Å². The van der Waals surface area contributed by atoms with E-state index in [1.807, 2.05) is 25.3 Å². The summed E-state index contributed by atoms with van der Waals surface area (Å²) >= 11 is 0. The van der Waals surface area contributed by atoms with E-state index in [9.17, 15) is 5.11 Å². The lowest BCUT2D eigenvalue weighted by molar-refractivity contribution is 0.0219. The van der Waals surface area contributed by atoms with Gasteiger partial charge >= 0.3 is 0 Å². The second-order valence-electron chi connectivity index (χ2n) is 4.55.